The minimum absolute atomic E-state index is 0.0937. The van der Waals surface area contributed by atoms with Gasteiger partial charge in [0.15, 0.2) is 0 Å². The molecule has 0 fully saturated rings. The first-order valence-corrected chi connectivity index (χ1v) is 7.33. The first kappa shape index (κ1) is 14.5. The molecule has 0 unspecified atom stereocenters. The fourth-order valence-corrected chi connectivity index (χ4v) is 2.41. The van der Waals surface area contributed by atoms with Crippen LogP contribution >= 0.6 is 11.6 Å². The van der Waals surface area contributed by atoms with Gasteiger partial charge < -0.3 is 5.32 Å². The van der Waals surface area contributed by atoms with Gasteiger partial charge in [-0.05, 0) is 42.8 Å². The maximum absolute atomic E-state index is 12.0. The molecular formula is C16H15ClN4O. The molecule has 0 spiro atoms. The average Bonchev–Trinajstić information content (AvgIpc) is 2.87. The summed E-state index contributed by atoms with van der Waals surface area (Å²) in [5.41, 5.74) is 1.98. The normalized spacial score (nSPS) is 10.8. The van der Waals surface area contributed by atoms with Crippen molar-refractivity contribution in [1.29, 1.82) is 0 Å². The quantitative estimate of drug-likeness (QED) is 0.802. The molecule has 3 aromatic rings. The molecule has 1 N–H and O–H groups in total. The molecule has 0 radical (unpaired) electrons. The number of aromatic nitrogens is 3. The number of rotatable bonds is 4. The second-order valence-corrected chi connectivity index (χ2v) is 5.52. The molecule has 0 saturated heterocycles. The second kappa shape index (κ2) is 6.15. The van der Waals surface area contributed by atoms with Gasteiger partial charge in [0.05, 0.1) is 18.3 Å². The number of fused-ring (bicyclic) bond motifs is 1. The number of carbonyl (C=O) groups excluding carboxylic acids is 1. The highest BCUT2D eigenvalue weighted by Gasteiger charge is 2.07. The summed E-state index contributed by atoms with van der Waals surface area (Å²) >= 11 is 6.00. The zero-order valence-electron chi connectivity index (χ0n) is 12.1. The number of nitrogens with one attached hydrogen (secondary N) is 1. The number of aryl methyl sites for hydroxylation is 2. The number of nitrogens with zero attached hydrogens (tertiary/aromatic N) is 3. The van der Waals surface area contributed by atoms with E-state index in [2.05, 4.69) is 15.4 Å². The van der Waals surface area contributed by atoms with Gasteiger partial charge in [0, 0.05) is 23.0 Å². The lowest BCUT2D eigenvalue weighted by atomic mass is 10.2. The Balaban J connectivity index is 1.66. The third-order valence-corrected chi connectivity index (χ3v) is 3.58. The largest absolute Gasteiger partial charge is 0.311 e. The van der Waals surface area contributed by atoms with Gasteiger partial charge >= 0.3 is 0 Å². The number of halogens is 1. The maximum atomic E-state index is 12.0. The van der Waals surface area contributed by atoms with Crippen LogP contribution in [0.15, 0.2) is 42.7 Å². The Morgan fingerprint density at radius 1 is 1.32 bits per heavy atom. The van der Waals surface area contributed by atoms with E-state index in [4.69, 9.17) is 11.6 Å². The summed E-state index contributed by atoms with van der Waals surface area (Å²) in [4.78, 5) is 16.1. The number of carbonyl (C=O) groups is 1. The van der Waals surface area contributed by atoms with Gasteiger partial charge in [0.1, 0.15) is 5.82 Å². The van der Waals surface area contributed by atoms with Crippen LogP contribution in [0.25, 0.3) is 10.9 Å². The third kappa shape index (κ3) is 3.26. The molecule has 112 valence electrons. The van der Waals surface area contributed by atoms with Crippen molar-refractivity contribution >= 4 is 34.2 Å². The Morgan fingerprint density at radius 3 is 3.00 bits per heavy atom. The molecule has 0 aliphatic rings. The van der Waals surface area contributed by atoms with Gasteiger partial charge in [-0.25, -0.2) is 4.98 Å². The molecule has 0 saturated carbocycles. The molecule has 0 aliphatic carbocycles. The van der Waals surface area contributed by atoms with E-state index < -0.39 is 0 Å². The van der Waals surface area contributed by atoms with Crippen molar-refractivity contribution in [1.82, 2.24) is 14.8 Å². The summed E-state index contributed by atoms with van der Waals surface area (Å²) in [6.45, 7) is 2.44. The Hall–Kier alpha value is -2.40. The molecule has 22 heavy (non-hydrogen) atoms. The highest BCUT2D eigenvalue weighted by molar-refractivity contribution is 6.31. The molecule has 3 rings (SSSR count). The smallest absolute Gasteiger partial charge is 0.227 e. The lowest BCUT2D eigenvalue weighted by Gasteiger charge is -2.06. The van der Waals surface area contributed by atoms with Crippen LogP contribution in [0.1, 0.15) is 12.0 Å². The third-order valence-electron chi connectivity index (χ3n) is 3.34. The zero-order valence-corrected chi connectivity index (χ0v) is 12.8. The van der Waals surface area contributed by atoms with E-state index in [0.717, 1.165) is 16.5 Å². The molecule has 5 nitrogen and oxygen atoms in total. The Kier molecular flexibility index (Phi) is 4.06. The number of pyridine rings is 1. The molecule has 0 aliphatic heterocycles. The molecule has 0 bridgehead atoms. The number of benzene rings is 1. The summed E-state index contributed by atoms with van der Waals surface area (Å²) in [6.07, 6.45) is 3.76. The lowest BCUT2D eigenvalue weighted by molar-refractivity contribution is -0.116. The number of hydrogen-bond donors (Lipinski definition) is 1. The Morgan fingerprint density at radius 2 is 2.18 bits per heavy atom. The van der Waals surface area contributed by atoms with Gasteiger partial charge in [-0.2, -0.15) is 5.10 Å². The minimum atomic E-state index is -0.0937. The maximum Gasteiger partial charge on any atom is 0.227 e. The highest BCUT2D eigenvalue weighted by atomic mass is 35.5. The first-order valence-electron chi connectivity index (χ1n) is 6.95. The fourth-order valence-electron chi connectivity index (χ4n) is 2.24. The number of hydrogen-bond acceptors (Lipinski definition) is 3. The van der Waals surface area contributed by atoms with Crippen LogP contribution < -0.4 is 5.32 Å². The van der Waals surface area contributed by atoms with Gasteiger partial charge in [0.2, 0.25) is 5.91 Å². The summed E-state index contributed by atoms with van der Waals surface area (Å²) in [7, 11) is 0. The van der Waals surface area contributed by atoms with Crippen LogP contribution in [-0.4, -0.2) is 20.7 Å². The van der Waals surface area contributed by atoms with Gasteiger partial charge in [-0.3, -0.25) is 9.48 Å². The monoisotopic (exact) mass is 314 g/mol. The van der Waals surface area contributed by atoms with E-state index in [9.17, 15) is 4.79 Å². The van der Waals surface area contributed by atoms with Gasteiger partial charge in [-0.1, -0.05) is 11.6 Å². The van der Waals surface area contributed by atoms with Crippen molar-refractivity contribution in [2.45, 2.75) is 19.9 Å². The summed E-state index contributed by atoms with van der Waals surface area (Å²) in [5, 5.41) is 8.74. The van der Waals surface area contributed by atoms with Gasteiger partial charge in [0.25, 0.3) is 0 Å². The average molecular weight is 315 g/mol. The molecular weight excluding hydrogens is 300 g/mol. The highest BCUT2D eigenvalue weighted by Crippen LogP contribution is 2.19. The second-order valence-electron chi connectivity index (χ2n) is 5.09. The number of anilines is 1. The molecule has 2 aromatic heterocycles. The summed E-state index contributed by atoms with van der Waals surface area (Å²) < 4.78 is 1.78. The standard InChI is InChI=1S/C16H15ClN4O/c1-11-4-6-18-15(8-11)20-16(22)5-7-21-14-9-13(17)3-2-12(14)10-19-21/h2-4,6,8-10H,5,7H2,1H3,(H,18,20,22). The van der Waals surface area contributed by atoms with Crippen LogP contribution in [0.3, 0.4) is 0 Å². The van der Waals surface area contributed by atoms with Crippen LogP contribution in [0.5, 0.6) is 0 Å². The van der Waals surface area contributed by atoms with E-state index >= 15 is 0 Å². The van der Waals surface area contributed by atoms with Crippen molar-refractivity contribution in [3.8, 4) is 0 Å². The summed E-state index contributed by atoms with van der Waals surface area (Å²) in [5.74, 6) is 0.474. The molecule has 1 amide bonds. The SMILES string of the molecule is Cc1ccnc(NC(=O)CCn2ncc3ccc(Cl)cc32)c1. The van der Waals surface area contributed by atoms with Crippen molar-refractivity contribution < 1.29 is 4.79 Å². The Bertz CT molecular complexity index is 828. The fraction of sp³-hybridized carbons (Fsp3) is 0.188. The molecule has 1 aromatic carbocycles. The predicted octanol–water partition coefficient (Wildman–Crippen LogP) is 3.42. The first-order chi connectivity index (χ1) is 10.6. The van der Waals surface area contributed by atoms with E-state index in [0.29, 0.717) is 23.8 Å². The minimum Gasteiger partial charge on any atom is -0.311 e. The molecule has 6 heteroatoms. The van der Waals surface area contributed by atoms with Crippen LogP contribution in [-0.2, 0) is 11.3 Å². The van der Waals surface area contributed by atoms with Crippen molar-refractivity contribution in [2.75, 3.05) is 5.32 Å². The van der Waals surface area contributed by atoms with Crippen LogP contribution in [0.4, 0.5) is 5.82 Å². The van der Waals surface area contributed by atoms with Gasteiger partial charge in [-0.15, -0.1) is 0 Å². The summed E-state index contributed by atoms with van der Waals surface area (Å²) in [6, 6.07) is 9.31. The van der Waals surface area contributed by atoms with Crippen molar-refractivity contribution in [3.05, 3.63) is 53.3 Å². The van der Waals surface area contributed by atoms with Crippen LogP contribution in [0.2, 0.25) is 5.02 Å². The predicted molar refractivity (Wildman–Crippen MR) is 87.0 cm³/mol. The van der Waals surface area contributed by atoms with Crippen LogP contribution in [0, 0.1) is 6.92 Å². The topological polar surface area (TPSA) is 59.8 Å². The van der Waals surface area contributed by atoms with E-state index in [-0.39, 0.29) is 5.91 Å². The lowest BCUT2D eigenvalue weighted by Crippen LogP contribution is -2.15. The van der Waals surface area contributed by atoms with Crippen molar-refractivity contribution in [3.63, 3.8) is 0 Å². The van der Waals surface area contributed by atoms with Crippen molar-refractivity contribution in [2.24, 2.45) is 0 Å². The van der Waals surface area contributed by atoms with E-state index in [1.54, 1.807) is 17.1 Å². The molecule has 0 atom stereocenters. The Labute approximate surface area is 132 Å². The number of amides is 1. The zero-order chi connectivity index (χ0) is 15.5. The van der Waals surface area contributed by atoms with E-state index in [1.165, 1.54) is 0 Å². The van der Waals surface area contributed by atoms with E-state index in [1.807, 2.05) is 37.3 Å². The molecule has 2 heterocycles.